The number of hydrogen-bond donors (Lipinski definition) is 3. The lowest BCUT2D eigenvalue weighted by Gasteiger charge is -2.12. The van der Waals surface area contributed by atoms with Crippen LogP contribution in [0.5, 0.6) is 0 Å². The summed E-state index contributed by atoms with van der Waals surface area (Å²) in [5.41, 5.74) is 2.73. The molecule has 0 aliphatic carbocycles. The van der Waals surface area contributed by atoms with Crippen molar-refractivity contribution >= 4 is 56.6 Å². The van der Waals surface area contributed by atoms with Gasteiger partial charge in [-0.1, -0.05) is 23.2 Å². The van der Waals surface area contributed by atoms with E-state index in [0.717, 1.165) is 0 Å². The Labute approximate surface area is 126 Å². The zero-order valence-corrected chi connectivity index (χ0v) is 12.3. The third-order valence-electron chi connectivity index (χ3n) is 2.12. The summed E-state index contributed by atoms with van der Waals surface area (Å²) in [5, 5.41) is 3.34. The third-order valence-corrected chi connectivity index (χ3v) is 3.32. The lowest BCUT2D eigenvalue weighted by Crippen LogP contribution is -2.11. The predicted molar refractivity (Wildman–Crippen MR) is 77.2 cm³/mol. The highest BCUT2D eigenvalue weighted by atomic mass is 79.9. The number of nitrogen functional groups attached to an aromatic ring is 1. The van der Waals surface area contributed by atoms with Crippen molar-refractivity contribution in [1.29, 1.82) is 0 Å². The van der Waals surface area contributed by atoms with Crippen molar-refractivity contribution in [2.75, 3.05) is 10.7 Å². The Balaban J connectivity index is 2.41. The van der Waals surface area contributed by atoms with E-state index in [0.29, 0.717) is 16.0 Å². The first-order valence-electron chi connectivity index (χ1n) is 4.92. The molecule has 2 rings (SSSR count). The number of anilines is 3. The van der Waals surface area contributed by atoms with Crippen molar-refractivity contribution in [3.63, 3.8) is 0 Å². The molecule has 0 bridgehead atoms. The number of nitrogens with one attached hydrogen (secondary N) is 2. The summed E-state index contributed by atoms with van der Waals surface area (Å²) in [6.07, 6.45) is 1.37. The molecule has 0 saturated carbocycles. The average Bonchev–Trinajstić information content (AvgIpc) is 2.35. The van der Waals surface area contributed by atoms with Gasteiger partial charge in [-0.25, -0.2) is 15.2 Å². The molecular formula is C10H7BrCl2FN5. The molecule has 1 heterocycles. The number of hydrazine groups is 1. The fraction of sp³-hybridized carbons (Fsp3) is 0. The summed E-state index contributed by atoms with van der Waals surface area (Å²) in [6.45, 7) is 0. The molecule has 5 nitrogen and oxygen atoms in total. The molecule has 9 heteroatoms. The number of benzene rings is 1. The van der Waals surface area contributed by atoms with E-state index in [1.165, 1.54) is 18.3 Å². The zero-order chi connectivity index (χ0) is 14.0. The van der Waals surface area contributed by atoms with E-state index in [9.17, 15) is 4.39 Å². The average molecular weight is 367 g/mol. The normalized spacial score (nSPS) is 10.4. The monoisotopic (exact) mass is 365 g/mol. The number of nitrogens with two attached hydrogens (primary N) is 1. The summed E-state index contributed by atoms with van der Waals surface area (Å²) in [6, 6.07) is 2.44. The molecule has 0 aliphatic rings. The van der Waals surface area contributed by atoms with Gasteiger partial charge in [0.15, 0.2) is 5.82 Å². The Bertz CT molecular complexity index is 602. The number of rotatable bonds is 3. The first-order chi connectivity index (χ1) is 9.01. The highest BCUT2D eigenvalue weighted by Crippen LogP contribution is 2.35. The van der Waals surface area contributed by atoms with E-state index in [-0.39, 0.29) is 16.0 Å². The van der Waals surface area contributed by atoms with Crippen LogP contribution in [0.15, 0.2) is 22.8 Å². The molecule has 2 aromatic rings. The van der Waals surface area contributed by atoms with Gasteiger partial charge in [-0.15, -0.1) is 0 Å². The summed E-state index contributed by atoms with van der Waals surface area (Å²) < 4.78 is 13.6. The fourth-order valence-corrected chi connectivity index (χ4v) is 2.34. The highest BCUT2D eigenvalue weighted by molar-refractivity contribution is 9.10. The van der Waals surface area contributed by atoms with Crippen LogP contribution in [-0.4, -0.2) is 9.97 Å². The molecule has 1 aromatic carbocycles. The molecular weight excluding hydrogens is 360 g/mol. The van der Waals surface area contributed by atoms with E-state index >= 15 is 0 Å². The lowest BCUT2D eigenvalue weighted by molar-refractivity contribution is 0.627. The largest absolute Gasteiger partial charge is 0.337 e. The van der Waals surface area contributed by atoms with Crippen LogP contribution in [0.25, 0.3) is 0 Å². The smallest absolute Gasteiger partial charge is 0.239 e. The van der Waals surface area contributed by atoms with Crippen LogP contribution in [-0.2, 0) is 0 Å². The predicted octanol–water partition coefficient (Wildman–Crippen LogP) is 3.71. The SMILES string of the molecule is NNc1ncc(Cl)c(Nc2c(Cl)cc(F)cc2Br)n1. The minimum atomic E-state index is -0.458. The molecule has 1 aromatic heterocycles. The maximum atomic E-state index is 13.1. The van der Waals surface area contributed by atoms with E-state index in [2.05, 4.69) is 36.6 Å². The quantitative estimate of drug-likeness (QED) is 0.570. The molecule has 0 unspecified atom stereocenters. The summed E-state index contributed by atoms with van der Waals surface area (Å²) in [7, 11) is 0. The second-order valence-corrected chi connectivity index (χ2v) is 5.07. The maximum absolute atomic E-state index is 13.1. The Morgan fingerprint density at radius 2 is 2.00 bits per heavy atom. The van der Waals surface area contributed by atoms with Gasteiger partial charge in [0, 0.05) is 4.47 Å². The van der Waals surface area contributed by atoms with Crippen molar-refractivity contribution < 1.29 is 4.39 Å². The summed E-state index contributed by atoms with van der Waals surface area (Å²) in [5.74, 6) is 5.23. The first kappa shape index (κ1) is 14.3. The van der Waals surface area contributed by atoms with Crippen molar-refractivity contribution in [1.82, 2.24) is 9.97 Å². The molecule has 0 amide bonds. The van der Waals surface area contributed by atoms with Crippen LogP contribution in [0, 0.1) is 5.82 Å². The van der Waals surface area contributed by atoms with Gasteiger partial charge in [-0.3, -0.25) is 5.43 Å². The van der Waals surface area contributed by atoms with Gasteiger partial charge >= 0.3 is 0 Å². The van der Waals surface area contributed by atoms with Crippen molar-refractivity contribution in [2.24, 2.45) is 5.84 Å². The van der Waals surface area contributed by atoms with Gasteiger partial charge in [0.1, 0.15) is 10.8 Å². The highest BCUT2D eigenvalue weighted by Gasteiger charge is 2.12. The molecule has 0 fully saturated rings. The number of aromatic nitrogens is 2. The molecule has 0 saturated heterocycles. The lowest BCUT2D eigenvalue weighted by atomic mass is 10.3. The Kier molecular flexibility index (Phi) is 4.41. The molecule has 4 N–H and O–H groups in total. The summed E-state index contributed by atoms with van der Waals surface area (Å²) >= 11 is 15.1. The zero-order valence-electron chi connectivity index (χ0n) is 9.22. The van der Waals surface area contributed by atoms with E-state index in [1.807, 2.05) is 0 Å². The van der Waals surface area contributed by atoms with Crippen LogP contribution >= 0.6 is 39.1 Å². The summed E-state index contributed by atoms with van der Waals surface area (Å²) in [4.78, 5) is 7.86. The van der Waals surface area contributed by atoms with E-state index < -0.39 is 5.82 Å². The molecule has 0 spiro atoms. The van der Waals surface area contributed by atoms with Crippen molar-refractivity contribution in [3.8, 4) is 0 Å². The molecule has 0 radical (unpaired) electrons. The molecule has 19 heavy (non-hydrogen) atoms. The molecule has 100 valence electrons. The minimum absolute atomic E-state index is 0.182. The molecule has 0 aliphatic heterocycles. The number of hydrogen-bond acceptors (Lipinski definition) is 5. The van der Waals surface area contributed by atoms with Crippen LogP contribution in [0.2, 0.25) is 10.0 Å². The van der Waals surface area contributed by atoms with Gasteiger partial charge < -0.3 is 5.32 Å². The van der Waals surface area contributed by atoms with Gasteiger partial charge in [0.05, 0.1) is 16.9 Å². The van der Waals surface area contributed by atoms with Crippen LogP contribution < -0.4 is 16.6 Å². The number of nitrogens with zero attached hydrogens (tertiary/aromatic N) is 2. The fourth-order valence-electron chi connectivity index (χ4n) is 1.30. The Morgan fingerprint density at radius 1 is 1.26 bits per heavy atom. The van der Waals surface area contributed by atoms with Crippen LogP contribution in [0.3, 0.4) is 0 Å². The molecule has 0 atom stereocenters. The van der Waals surface area contributed by atoms with Crippen molar-refractivity contribution in [2.45, 2.75) is 0 Å². The van der Waals surface area contributed by atoms with E-state index in [4.69, 9.17) is 29.0 Å². The van der Waals surface area contributed by atoms with Gasteiger partial charge in [-0.05, 0) is 28.1 Å². The Morgan fingerprint density at radius 3 is 2.63 bits per heavy atom. The van der Waals surface area contributed by atoms with Gasteiger partial charge in [0.25, 0.3) is 0 Å². The first-order valence-corrected chi connectivity index (χ1v) is 6.47. The van der Waals surface area contributed by atoms with E-state index in [1.54, 1.807) is 0 Å². The third kappa shape index (κ3) is 3.24. The van der Waals surface area contributed by atoms with Gasteiger partial charge in [0.2, 0.25) is 5.95 Å². The minimum Gasteiger partial charge on any atom is -0.337 e. The second kappa shape index (κ2) is 5.87. The number of halogens is 4. The second-order valence-electron chi connectivity index (χ2n) is 3.40. The van der Waals surface area contributed by atoms with Gasteiger partial charge in [-0.2, -0.15) is 4.98 Å². The maximum Gasteiger partial charge on any atom is 0.239 e. The standard InChI is InChI=1S/C10H7BrCl2FN5/c11-5-1-4(14)2-6(12)8(5)17-9-7(13)3-16-10(18-9)19-15/h1-3H,15H2,(H2,16,17,18,19). The van der Waals surface area contributed by atoms with Crippen LogP contribution in [0.1, 0.15) is 0 Å². The van der Waals surface area contributed by atoms with Crippen LogP contribution in [0.4, 0.5) is 21.8 Å². The topological polar surface area (TPSA) is 75.9 Å². The van der Waals surface area contributed by atoms with Crippen molar-refractivity contribution in [3.05, 3.63) is 38.7 Å². The Hall–Kier alpha value is -1.15.